The summed E-state index contributed by atoms with van der Waals surface area (Å²) in [5.74, 6) is -1.24. The van der Waals surface area contributed by atoms with Crippen LogP contribution in [0.2, 0.25) is 0 Å². The second kappa shape index (κ2) is 20.3. The van der Waals surface area contributed by atoms with E-state index < -0.39 is 23.7 Å². The van der Waals surface area contributed by atoms with Gasteiger partial charge in [-0.2, -0.15) is 0 Å². The third kappa shape index (κ3) is 12.4. The molecule has 0 spiro atoms. The number of hydrogen-bond acceptors (Lipinski definition) is 15. The lowest BCUT2D eigenvalue weighted by Crippen LogP contribution is -2.36. The zero-order chi connectivity index (χ0) is 39.3. The maximum absolute atomic E-state index is 13.3. The molecule has 15 nitrogen and oxygen atoms in total. The molecule has 0 bridgehead atoms. The number of anilines is 3. The average molecular weight is 794 g/mol. The van der Waals surface area contributed by atoms with Crippen molar-refractivity contribution in [3.63, 3.8) is 0 Å². The molecule has 2 aliphatic heterocycles. The van der Waals surface area contributed by atoms with Crippen molar-refractivity contribution in [2.45, 2.75) is 88.7 Å². The number of hydrogen-bond donors (Lipinski definition) is 2. The van der Waals surface area contributed by atoms with E-state index in [1.54, 1.807) is 34.0 Å². The Kier molecular flexibility index (Phi) is 15.3. The summed E-state index contributed by atoms with van der Waals surface area (Å²) in [6.45, 7) is 8.60. The number of ketones is 1. The molecule has 0 saturated carbocycles. The highest BCUT2D eigenvalue weighted by Gasteiger charge is 2.33. The maximum atomic E-state index is 13.3. The number of nitrogens with two attached hydrogens (primary N) is 1. The molecule has 3 N–H and O–H groups in total. The SMILES string of the molecule is CC(CCC(=O)CCC(C)SSC(C)CCC(=O)ON1C(=O)CCC1=O)Oc1ccc(-c2cnc(N)c(C(=O)Nc3cnccc3N3CCOCC3)n2)cc1. The Morgan fingerprint density at radius 1 is 0.909 bits per heavy atom. The van der Waals surface area contributed by atoms with Crippen molar-refractivity contribution in [2.24, 2.45) is 0 Å². The number of aromatic nitrogens is 3. The summed E-state index contributed by atoms with van der Waals surface area (Å²) in [7, 11) is 3.31. The largest absolute Gasteiger partial charge is 0.491 e. The van der Waals surface area contributed by atoms with E-state index in [0.717, 1.165) is 17.7 Å². The Labute approximate surface area is 328 Å². The summed E-state index contributed by atoms with van der Waals surface area (Å²) in [5.41, 5.74) is 8.66. The van der Waals surface area contributed by atoms with E-state index >= 15 is 0 Å². The Bertz CT molecular complexity index is 1810. The summed E-state index contributed by atoms with van der Waals surface area (Å²) in [4.78, 5) is 81.3. The first-order valence-electron chi connectivity index (χ1n) is 18.3. The summed E-state index contributed by atoms with van der Waals surface area (Å²) in [6, 6.07) is 9.13. The van der Waals surface area contributed by atoms with Gasteiger partial charge in [0, 0.05) is 67.5 Å². The predicted molar refractivity (Wildman–Crippen MR) is 211 cm³/mol. The number of morpholine rings is 1. The van der Waals surface area contributed by atoms with Gasteiger partial charge >= 0.3 is 5.97 Å². The summed E-state index contributed by atoms with van der Waals surface area (Å²) in [6.07, 6.45) is 7.56. The summed E-state index contributed by atoms with van der Waals surface area (Å²) in [5, 5.41) is 3.85. The van der Waals surface area contributed by atoms with Gasteiger partial charge in [-0.05, 0) is 56.5 Å². The van der Waals surface area contributed by atoms with Crippen LogP contribution in [-0.2, 0) is 28.8 Å². The standard InChI is InChI=1S/C38H47N7O8S2/c1-24(4-9-28(46)10-5-25(2)54-55-26(3)6-15-35(49)53-45-33(47)13-14-34(45)48)52-29-11-7-27(8-12-29)30-23-41-37(39)36(42-30)38(50)43-31-22-40-17-16-32(31)44-18-20-51-21-19-44/h7-8,11-12,16-17,22-26H,4-6,9-10,13-15,18-21H2,1-3H3,(H2,39,41)(H,43,50). The molecular weight excluding hydrogens is 747 g/mol. The molecule has 4 heterocycles. The topological polar surface area (TPSA) is 196 Å². The molecule has 2 fully saturated rings. The number of nitrogens with zero attached hydrogens (tertiary/aromatic N) is 5. The Morgan fingerprint density at radius 2 is 1.56 bits per heavy atom. The third-order valence-electron chi connectivity index (χ3n) is 8.90. The zero-order valence-electron chi connectivity index (χ0n) is 31.2. The molecule has 3 atom stereocenters. The highest BCUT2D eigenvalue weighted by atomic mass is 33.1. The number of rotatable bonds is 19. The monoisotopic (exact) mass is 793 g/mol. The number of imide groups is 1. The van der Waals surface area contributed by atoms with Gasteiger partial charge in [0.05, 0.1) is 48.8 Å². The first-order valence-corrected chi connectivity index (χ1v) is 20.6. The molecule has 294 valence electrons. The minimum Gasteiger partial charge on any atom is -0.491 e. The van der Waals surface area contributed by atoms with Gasteiger partial charge in [0.25, 0.3) is 17.7 Å². The van der Waals surface area contributed by atoms with Crippen LogP contribution in [-0.4, -0.2) is 92.4 Å². The number of ether oxygens (including phenoxy) is 2. The van der Waals surface area contributed by atoms with Crippen LogP contribution in [0.15, 0.2) is 48.9 Å². The van der Waals surface area contributed by atoms with E-state index in [0.29, 0.717) is 74.2 Å². The average Bonchev–Trinajstić information content (AvgIpc) is 3.50. The maximum Gasteiger partial charge on any atom is 0.333 e. The molecule has 0 radical (unpaired) electrons. The normalized spacial score (nSPS) is 16.1. The van der Waals surface area contributed by atoms with Gasteiger partial charge in [0.2, 0.25) is 0 Å². The molecular formula is C38H47N7O8S2. The quantitative estimate of drug-likeness (QED) is 0.111. The fourth-order valence-electron chi connectivity index (χ4n) is 5.71. The molecule has 0 aliphatic carbocycles. The number of carbonyl (C=O) groups excluding carboxylic acids is 5. The van der Waals surface area contributed by atoms with Crippen molar-refractivity contribution in [3.8, 4) is 17.0 Å². The Balaban J connectivity index is 1.01. The fraction of sp³-hybridized carbons (Fsp3) is 0.474. The predicted octanol–water partition coefficient (Wildman–Crippen LogP) is 5.65. The molecule has 5 rings (SSSR count). The number of carbonyl (C=O) groups is 5. The van der Waals surface area contributed by atoms with E-state index in [2.05, 4.69) is 32.1 Å². The first-order chi connectivity index (χ1) is 26.5. The van der Waals surface area contributed by atoms with Crippen molar-refractivity contribution in [1.82, 2.24) is 20.0 Å². The first kappa shape index (κ1) is 41.4. The highest BCUT2D eigenvalue weighted by Crippen LogP contribution is 2.35. The third-order valence-corrected chi connectivity index (χ3v) is 12.4. The van der Waals surface area contributed by atoms with Crippen LogP contribution in [0, 0.1) is 0 Å². The van der Waals surface area contributed by atoms with Crippen molar-refractivity contribution in [3.05, 3.63) is 54.6 Å². The van der Waals surface area contributed by atoms with Gasteiger partial charge in [-0.3, -0.25) is 24.2 Å². The molecule has 1 aromatic carbocycles. The number of nitrogens with one attached hydrogen (secondary N) is 1. The van der Waals surface area contributed by atoms with Crippen LogP contribution in [0.25, 0.3) is 11.3 Å². The zero-order valence-corrected chi connectivity index (χ0v) is 32.9. The van der Waals surface area contributed by atoms with Crippen molar-refractivity contribution < 1.29 is 38.3 Å². The summed E-state index contributed by atoms with van der Waals surface area (Å²) < 4.78 is 11.5. The molecule has 2 aromatic heterocycles. The van der Waals surface area contributed by atoms with E-state index in [1.807, 2.05) is 44.2 Å². The number of amides is 3. The van der Waals surface area contributed by atoms with Crippen LogP contribution in [0.4, 0.5) is 17.2 Å². The molecule has 3 amide bonds. The van der Waals surface area contributed by atoms with Gasteiger partial charge in [-0.1, -0.05) is 35.4 Å². The van der Waals surface area contributed by atoms with Gasteiger partial charge < -0.3 is 30.3 Å². The number of Topliss-reactive ketones (excluding diaryl/α,β-unsaturated/α-hetero) is 1. The van der Waals surface area contributed by atoms with Gasteiger partial charge in [0.15, 0.2) is 11.5 Å². The van der Waals surface area contributed by atoms with Gasteiger partial charge in [-0.15, -0.1) is 5.06 Å². The molecule has 3 unspecified atom stereocenters. The minimum absolute atomic E-state index is 0.00183. The molecule has 55 heavy (non-hydrogen) atoms. The Morgan fingerprint density at radius 3 is 2.25 bits per heavy atom. The number of pyridine rings is 1. The van der Waals surface area contributed by atoms with E-state index in [4.69, 9.17) is 20.0 Å². The van der Waals surface area contributed by atoms with Crippen molar-refractivity contribution in [2.75, 3.05) is 42.3 Å². The van der Waals surface area contributed by atoms with Crippen LogP contribution < -0.4 is 20.7 Å². The number of benzene rings is 1. The minimum atomic E-state index is -0.597. The molecule has 17 heteroatoms. The van der Waals surface area contributed by atoms with Crippen LogP contribution in [0.3, 0.4) is 0 Å². The van der Waals surface area contributed by atoms with Gasteiger partial charge in [0.1, 0.15) is 11.5 Å². The number of hydroxylamine groups is 2. The van der Waals surface area contributed by atoms with Crippen molar-refractivity contribution >= 4 is 68.3 Å². The summed E-state index contributed by atoms with van der Waals surface area (Å²) >= 11 is 0. The van der Waals surface area contributed by atoms with Crippen LogP contribution in [0.1, 0.15) is 82.6 Å². The lowest BCUT2D eigenvalue weighted by molar-refractivity contribution is -0.197. The van der Waals surface area contributed by atoms with E-state index in [1.165, 1.54) is 6.20 Å². The van der Waals surface area contributed by atoms with Crippen LogP contribution in [0.5, 0.6) is 5.75 Å². The Hall–Kier alpha value is -4.74. The van der Waals surface area contributed by atoms with Gasteiger partial charge in [-0.25, -0.2) is 14.8 Å². The van der Waals surface area contributed by atoms with E-state index in [-0.39, 0.29) is 53.2 Å². The second-order valence-corrected chi connectivity index (χ2v) is 16.6. The smallest absolute Gasteiger partial charge is 0.333 e. The lowest BCUT2D eigenvalue weighted by Gasteiger charge is -2.30. The fourth-order valence-corrected chi connectivity index (χ4v) is 8.23. The van der Waals surface area contributed by atoms with Crippen molar-refractivity contribution in [1.29, 1.82) is 0 Å². The molecule has 2 aliphatic rings. The highest BCUT2D eigenvalue weighted by molar-refractivity contribution is 8.77. The number of nitrogen functional groups attached to an aromatic ring is 1. The van der Waals surface area contributed by atoms with E-state index in [9.17, 15) is 24.0 Å². The lowest BCUT2D eigenvalue weighted by atomic mass is 10.1. The molecule has 3 aromatic rings. The molecule has 2 saturated heterocycles. The van der Waals surface area contributed by atoms with Crippen LogP contribution >= 0.6 is 21.6 Å². The second-order valence-electron chi connectivity index (χ2n) is 13.4.